The number of hydrogen-bond acceptors (Lipinski definition) is 3. The van der Waals surface area contributed by atoms with Crippen LogP contribution in [0.5, 0.6) is 0 Å². The molecule has 0 aromatic carbocycles. The van der Waals surface area contributed by atoms with E-state index in [1.807, 2.05) is 18.0 Å². The third kappa shape index (κ3) is 6.76. The lowest BCUT2D eigenvalue weighted by atomic mass is 10.1. The summed E-state index contributed by atoms with van der Waals surface area (Å²) >= 11 is 5.46. The van der Waals surface area contributed by atoms with Crippen LogP contribution in [-0.4, -0.2) is 29.1 Å². The number of halogens is 1. The van der Waals surface area contributed by atoms with Gasteiger partial charge in [0.15, 0.2) is 0 Å². The number of nitrogens with one attached hydrogen (secondary N) is 1. The van der Waals surface area contributed by atoms with E-state index in [0.717, 1.165) is 17.4 Å². The van der Waals surface area contributed by atoms with Crippen LogP contribution < -0.4 is 5.32 Å². The number of hydrogen-bond donors (Lipinski definition) is 1. The van der Waals surface area contributed by atoms with Gasteiger partial charge in [-0.15, -0.1) is 0 Å². The summed E-state index contributed by atoms with van der Waals surface area (Å²) in [5.74, 6) is 2.42. The molecule has 0 radical (unpaired) electrons. The third-order valence-corrected chi connectivity index (χ3v) is 4.40. The SMILES string of the molecule is CCCNC(CSCCC)Cc1ccc(Br)cn1. The lowest BCUT2D eigenvalue weighted by Gasteiger charge is -2.17. The monoisotopic (exact) mass is 330 g/mol. The first-order valence-electron chi connectivity index (χ1n) is 6.67. The van der Waals surface area contributed by atoms with Crippen molar-refractivity contribution in [2.24, 2.45) is 0 Å². The molecule has 0 bridgehead atoms. The minimum Gasteiger partial charge on any atom is -0.313 e. The predicted molar refractivity (Wildman–Crippen MR) is 85.3 cm³/mol. The molecule has 0 fully saturated rings. The van der Waals surface area contributed by atoms with E-state index >= 15 is 0 Å². The van der Waals surface area contributed by atoms with Gasteiger partial charge in [0, 0.05) is 34.6 Å². The summed E-state index contributed by atoms with van der Waals surface area (Å²) in [5.41, 5.74) is 1.17. The molecule has 1 heterocycles. The van der Waals surface area contributed by atoms with E-state index < -0.39 is 0 Å². The van der Waals surface area contributed by atoms with E-state index in [2.05, 4.69) is 52.2 Å². The zero-order valence-electron chi connectivity index (χ0n) is 11.3. The van der Waals surface area contributed by atoms with Crippen LogP contribution in [0.3, 0.4) is 0 Å². The minimum absolute atomic E-state index is 0.537. The molecule has 0 amide bonds. The number of aromatic nitrogens is 1. The smallest absolute Gasteiger partial charge is 0.0420 e. The largest absolute Gasteiger partial charge is 0.313 e. The number of rotatable bonds is 9. The second-order valence-electron chi connectivity index (χ2n) is 4.40. The van der Waals surface area contributed by atoms with Crippen molar-refractivity contribution in [1.29, 1.82) is 0 Å². The van der Waals surface area contributed by atoms with E-state index in [9.17, 15) is 0 Å². The van der Waals surface area contributed by atoms with Crippen LogP contribution in [-0.2, 0) is 6.42 Å². The molecule has 0 spiro atoms. The van der Waals surface area contributed by atoms with E-state index in [4.69, 9.17) is 0 Å². The standard InChI is InChI=1S/C14H23BrN2S/c1-3-7-16-14(11-18-8-4-2)9-13-6-5-12(15)10-17-13/h5-6,10,14,16H,3-4,7-9,11H2,1-2H3. The van der Waals surface area contributed by atoms with Gasteiger partial charge in [0.25, 0.3) is 0 Å². The quantitative estimate of drug-likeness (QED) is 0.695. The van der Waals surface area contributed by atoms with Gasteiger partial charge >= 0.3 is 0 Å². The van der Waals surface area contributed by atoms with Crippen molar-refractivity contribution in [3.8, 4) is 0 Å². The Hall–Kier alpha value is -0.0600. The lowest BCUT2D eigenvalue weighted by Crippen LogP contribution is -2.34. The average molecular weight is 331 g/mol. The zero-order chi connectivity index (χ0) is 13.2. The summed E-state index contributed by atoms with van der Waals surface area (Å²) in [6, 6.07) is 4.71. The van der Waals surface area contributed by atoms with Crippen LogP contribution in [0.15, 0.2) is 22.8 Å². The van der Waals surface area contributed by atoms with Gasteiger partial charge in [0.2, 0.25) is 0 Å². The molecule has 1 N–H and O–H groups in total. The van der Waals surface area contributed by atoms with Crippen molar-refractivity contribution in [3.05, 3.63) is 28.5 Å². The molecule has 1 unspecified atom stereocenters. The molecule has 0 aliphatic rings. The lowest BCUT2D eigenvalue weighted by molar-refractivity contribution is 0.545. The fourth-order valence-electron chi connectivity index (χ4n) is 1.69. The van der Waals surface area contributed by atoms with Crippen LogP contribution in [0, 0.1) is 0 Å². The fraction of sp³-hybridized carbons (Fsp3) is 0.643. The summed E-state index contributed by atoms with van der Waals surface area (Å²) in [5, 5.41) is 3.62. The Balaban J connectivity index is 2.45. The maximum Gasteiger partial charge on any atom is 0.0420 e. The van der Waals surface area contributed by atoms with Gasteiger partial charge in [-0.1, -0.05) is 13.8 Å². The Morgan fingerprint density at radius 2 is 2.17 bits per heavy atom. The Morgan fingerprint density at radius 3 is 2.78 bits per heavy atom. The highest BCUT2D eigenvalue weighted by Gasteiger charge is 2.09. The fourth-order valence-corrected chi connectivity index (χ4v) is 2.90. The predicted octanol–water partition coefficient (Wildman–Crippen LogP) is 3.90. The molecule has 1 aromatic heterocycles. The molecular formula is C14H23BrN2S. The molecule has 0 saturated heterocycles. The minimum atomic E-state index is 0.537. The van der Waals surface area contributed by atoms with E-state index in [1.54, 1.807) is 0 Å². The zero-order valence-corrected chi connectivity index (χ0v) is 13.7. The van der Waals surface area contributed by atoms with E-state index in [1.165, 1.54) is 30.0 Å². The Kier molecular flexibility index (Phi) is 8.72. The summed E-state index contributed by atoms with van der Waals surface area (Å²) in [7, 11) is 0. The van der Waals surface area contributed by atoms with Gasteiger partial charge in [-0.2, -0.15) is 11.8 Å². The molecular weight excluding hydrogens is 308 g/mol. The van der Waals surface area contributed by atoms with E-state index in [0.29, 0.717) is 6.04 Å². The van der Waals surface area contributed by atoms with Gasteiger partial charge in [0.05, 0.1) is 0 Å². The topological polar surface area (TPSA) is 24.9 Å². The van der Waals surface area contributed by atoms with Gasteiger partial charge in [0.1, 0.15) is 0 Å². The van der Waals surface area contributed by atoms with Crippen molar-refractivity contribution >= 4 is 27.7 Å². The Labute approximate surface area is 123 Å². The van der Waals surface area contributed by atoms with Crippen molar-refractivity contribution < 1.29 is 0 Å². The number of pyridine rings is 1. The molecule has 0 aliphatic carbocycles. The molecule has 1 rings (SSSR count). The number of nitrogens with zero attached hydrogens (tertiary/aromatic N) is 1. The van der Waals surface area contributed by atoms with Gasteiger partial charge < -0.3 is 5.32 Å². The van der Waals surface area contributed by atoms with Crippen molar-refractivity contribution in [2.75, 3.05) is 18.1 Å². The first-order valence-corrected chi connectivity index (χ1v) is 8.62. The summed E-state index contributed by atoms with van der Waals surface area (Å²) in [6.45, 7) is 5.53. The molecule has 2 nitrogen and oxygen atoms in total. The van der Waals surface area contributed by atoms with Crippen LogP contribution in [0.4, 0.5) is 0 Å². The second-order valence-corrected chi connectivity index (χ2v) is 6.46. The van der Waals surface area contributed by atoms with Crippen molar-refractivity contribution in [1.82, 2.24) is 10.3 Å². The van der Waals surface area contributed by atoms with Crippen LogP contribution in [0.1, 0.15) is 32.4 Å². The third-order valence-electron chi connectivity index (χ3n) is 2.59. The normalized spacial score (nSPS) is 12.6. The second kappa shape index (κ2) is 9.82. The summed E-state index contributed by atoms with van der Waals surface area (Å²) in [4.78, 5) is 4.46. The highest BCUT2D eigenvalue weighted by Crippen LogP contribution is 2.11. The first kappa shape index (κ1) is 16.0. The van der Waals surface area contributed by atoms with Crippen LogP contribution in [0.25, 0.3) is 0 Å². The maximum absolute atomic E-state index is 4.46. The molecule has 4 heteroatoms. The molecule has 1 aromatic rings. The summed E-state index contributed by atoms with van der Waals surface area (Å²) < 4.78 is 1.05. The van der Waals surface area contributed by atoms with Gasteiger partial charge in [-0.25, -0.2) is 0 Å². The first-order chi connectivity index (χ1) is 8.76. The Morgan fingerprint density at radius 1 is 1.33 bits per heavy atom. The summed E-state index contributed by atoms with van der Waals surface area (Å²) in [6.07, 6.45) is 5.33. The van der Waals surface area contributed by atoms with Crippen molar-refractivity contribution in [3.63, 3.8) is 0 Å². The van der Waals surface area contributed by atoms with Gasteiger partial charge in [-0.3, -0.25) is 4.98 Å². The molecule has 0 aliphatic heterocycles. The highest BCUT2D eigenvalue weighted by atomic mass is 79.9. The van der Waals surface area contributed by atoms with Crippen molar-refractivity contribution in [2.45, 2.75) is 39.2 Å². The molecule has 0 saturated carbocycles. The van der Waals surface area contributed by atoms with Crippen LogP contribution in [0.2, 0.25) is 0 Å². The molecule has 102 valence electrons. The highest BCUT2D eigenvalue weighted by molar-refractivity contribution is 9.10. The number of thioether (sulfide) groups is 1. The van der Waals surface area contributed by atoms with E-state index in [-0.39, 0.29) is 0 Å². The molecule has 18 heavy (non-hydrogen) atoms. The maximum atomic E-state index is 4.46. The molecule has 1 atom stereocenters. The Bertz CT molecular complexity index is 316. The van der Waals surface area contributed by atoms with Crippen LogP contribution >= 0.6 is 27.7 Å². The van der Waals surface area contributed by atoms with Gasteiger partial charge in [-0.05, 0) is 53.2 Å². The average Bonchev–Trinajstić information content (AvgIpc) is 2.38.